The van der Waals surface area contributed by atoms with E-state index in [1.807, 2.05) is 0 Å². The van der Waals surface area contributed by atoms with E-state index in [-0.39, 0.29) is 5.91 Å². The van der Waals surface area contributed by atoms with E-state index in [9.17, 15) is 0 Å². The van der Waals surface area contributed by atoms with Gasteiger partial charge in [-0.15, -0.1) is 0 Å². The fourth-order valence-electron chi connectivity index (χ4n) is 2.43. The Bertz CT molecular complexity index is 201. The van der Waals surface area contributed by atoms with E-state index in [1.165, 1.54) is 57.8 Å². The Morgan fingerprint density at radius 3 is 1.71 bits per heavy atom. The average molecular weight is 317 g/mol. The van der Waals surface area contributed by atoms with E-state index >= 15 is 0 Å². The minimum absolute atomic E-state index is 0.0738. The van der Waals surface area contributed by atoms with Crippen molar-refractivity contribution >= 4 is 8.80 Å². The van der Waals surface area contributed by atoms with Gasteiger partial charge in [0.15, 0.2) is 0 Å². The Balaban J connectivity index is 4.02. The maximum atomic E-state index is 5.74. The van der Waals surface area contributed by atoms with Crippen molar-refractivity contribution in [1.82, 2.24) is 4.90 Å². The lowest BCUT2D eigenvalue weighted by Crippen LogP contribution is -2.35. The number of rotatable bonds is 15. The Kier molecular flexibility index (Phi) is 15.1. The molecule has 0 atom stereocenters. The average Bonchev–Trinajstić information content (AvgIpc) is 2.49. The molecule has 0 bridgehead atoms. The number of hydrogen-bond donors (Lipinski definition) is 0. The summed E-state index contributed by atoms with van der Waals surface area (Å²) in [6.07, 6.45) is 6.53. The van der Waals surface area contributed by atoms with Gasteiger partial charge in [0.25, 0.3) is 0 Å². The highest BCUT2D eigenvalue weighted by molar-refractivity contribution is 6.58. The van der Waals surface area contributed by atoms with Crippen molar-refractivity contribution < 1.29 is 9.47 Å². The van der Waals surface area contributed by atoms with Crippen molar-refractivity contribution in [3.63, 3.8) is 0 Å². The largest absolute Gasteiger partial charge is 0.357 e. The zero-order valence-corrected chi connectivity index (χ0v) is 16.1. The summed E-state index contributed by atoms with van der Waals surface area (Å²) in [4.78, 5) is 2.65. The van der Waals surface area contributed by atoms with Crippen LogP contribution >= 0.6 is 0 Å². The van der Waals surface area contributed by atoms with E-state index in [4.69, 9.17) is 9.47 Å². The molecule has 0 fully saturated rings. The molecule has 0 saturated heterocycles. The van der Waals surface area contributed by atoms with Gasteiger partial charge in [-0.25, -0.2) is 0 Å². The highest BCUT2D eigenvalue weighted by Crippen LogP contribution is 2.10. The number of nitrogens with zero attached hydrogens (tertiary/aromatic N) is 1. The molecule has 4 heteroatoms. The Hall–Kier alpha value is 0.0969. The molecule has 0 aliphatic heterocycles. The zero-order chi connectivity index (χ0) is 15.9. The summed E-state index contributed by atoms with van der Waals surface area (Å²) in [7, 11) is -0.560. The predicted molar refractivity (Wildman–Crippen MR) is 94.3 cm³/mol. The Labute approximate surface area is 135 Å². The molecule has 0 spiro atoms. The third-order valence-corrected chi connectivity index (χ3v) is 6.02. The molecule has 21 heavy (non-hydrogen) atoms. The molecule has 0 unspecified atom stereocenters. The van der Waals surface area contributed by atoms with Gasteiger partial charge >= 0.3 is 0 Å². The minimum Gasteiger partial charge on any atom is -0.357 e. The van der Waals surface area contributed by atoms with Crippen molar-refractivity contribution in [3.05, 3.63) is 0 Å². The number of hydrogen-bond acceptors (Lipinski definition) is 3. The summed E-state index contributed by atoms with van der Waals surface area (Å²) in [6.45, 7) is 16.3. The summed E-state index contributed by atoms with van der Waals surface area (Å²) in [5, 5.41) is 0. The summed E-state index contributed by atoms with van der Waals surface area (Å²) in [5.41, 5.74) is 0. The first kappa shape index (κ1) is 21.1. The van der Waals surface area contributed by atoms with Crippen LogP contribution in [0.5, 0.6) is 0 Å². The lowest BCUT2D eigenvalue weighted by atomic mass is 10.2. The van der Waals surface area contributed by atoms with E-state index in [0.717, 1.165) is 13.2 Å². The second-order valence-electron chi connectivity index (χ2n) is 5.74. The van der Waals surface area contributed by atoms with Crippen molar-refractivity contribution in [2.75, 3.05) is 32.8 Å². The van der Waals surface area contributed by atoms with Crippen molar-refractivity contribution in [2.45, 2.75) is 78.3 Å². The molecular formula is C17H38NO2Si. The lowest BCUT2D eigenvalue weighted by molar-refractivity contribution is -0.0853. The fraction of sp³-hybridized carbons (Fsp3) is 1.00. The summed E-state index contributed by atoms with van der Waals surface area (Å²) >= 11 is 0. The summed E-state index contributed by atoms with van der Waals surface area (Å²) in [5.74, 6) is 0.0738. The van der Waals surface area contributed by atoms with Gasteiger partial charge < -0.3 is 14.4 Å². The number of ether oxygens (including phenoxy) is 2. The molecule has 0 heterocycles. The van der Waals surface area contributed by atoms with Crippen LogP contribution in [0.15, 0.2) is 0 Å². The van der Waals surface area contributed by atoms with Gasteiger partial charge in [0, 0.05) is 13.2 Å². The minimum atomic E-state index is -0.560. The van der Waals surface area contributed by atoms with Crippen LogP contribution in [0.4, 0.5) is 0 Å². The molecule has 1 radical (unpaired) electrons. The van der Waals surface area contributed by atoms with Crippen LogP contribution in [0, 0.1) is 0 Å². The number of unbranched alkanes of at least 4 members (excludes halogenated alkanes) is 2. The molecule has 0 aromatic rings. The van der Waals surface area contributed by atoms with Crippen LogP contribution in [-0.2, 0) is 9.47 Å². The van der Waals surface area contributed by atoms with Crippen LogP contribution < -0.4 is 0 Å². The molecule has 0 saturated carbocycles. The zero-order valence-electron chi connectivity index (χ0n) is 15.1. The molecule has 0 aliphatic carbocycles. The molecular weight excluding hydrogens is 278 g/mol. The van der Waals surface area contributed by atoms with Gasteiger partial charge in [0.1, 0.15) is 14.7 Å². The molecule has 127 valence electrons. The SMILES string of the molecule is CCCCN(CCCC)CCC[Si](C)C(OCC)OCC. The Morgan fingerprint density at radius 1 is 0.810 bits per heavy atom. The molecule has 0 rings (SSSR count). The summed E-state index contributed by atoms with van der Waals surface area (Å²) in [6, 6.07) is 1.28. The van der Waals surface area contributed by atoms with Crippen molar-refractivity contribution in [3.8, 4) is 0 Å². The smallest absolute Gasteiger partial charge is 0.139 e. The van der Waals surface area contributed by atoms with E-state index < -0.39 is 8.80 Å². The first-order valence-electron chi connectivity index (χ1n) is 8.97. The first-order chi connectivity index (χ1) is 10.2. The molecule has 3 nitrogen and oxygen atoms in total. The van der Waals surface area contributed by atoms with Crippen LogP contribution in [-0.4, -0.2) is 52.5 Å². The fourth-order valence-corrected chi connectivity index (χ4v) is 4.29. The van der Waals surface area contributed by atoms with Crippen molar-refractivity contribution in [2.24, 2.45) is 0 Å². The molecule has 0 aliphatic rings. The third kappa shape index (κ3) is 11.3. The maximum absolute atomic E-state index is 5.74. The van der Waals surface area contributed by atoms with Crippen LogP contribution in [0.1, 0.15) is 59.8 Å². The maximum Gasteiger partial charge on any atom is 0.139 e. The molecule has 0 aromatic carbocycles. The second-order valence-corrected chi connectivity index (χ2v) is 8.41. The monoisotopic (exact) mass is 316 g/mol. The van der Waals surface area contributed by atoms with E-state index in [2.05, 4.69) is 39.1 Å². The van der Waals surface area contributed by atoms with Crippen LogP contribution in [0.3, 0.4) is 0 Å². The molecule has 0 N–H and O–H groups in total. The van der Waals surface area contributed by atoms with Gasteiger partial charge in [0.2, 0.25) is 0 Å². The highest BCUT2D eigenvalue weighted by atomic mass is 28.3. The van der Waals surface area contributed by atoms with E-state index in [1.54, 1.807) is 0 Å². The topological polar surface area (TPSA) is 21.7 Å². The molecule has 0 amide bonds. The van der Waals surface area contributed by atoms with Gasteiger partial charge in [-0.05, 0) is 52.7 Å². The van der Waals surface area contributed by atoms with Crippen molar-refractivity contribution in [1.29, 1.82) is 0 Å². The standard InChI is InChI=1S/C17H38NO2Si/c1-6-10-13-18(14-11-7-2)15-12-16-21(5)17(19-8-3)20-9-4/h17H,6-16H2,1-5H3. The summed E-state index contributed by atoms with van der Waals surface area (Å²) < 4.78 is 11.5. The normalized spacial score (nSPS) is 12.0. The van der Waals surface area contributed by atoms with Gasteiger partial charge in [-0.1, -0.05) is 39.3 Å². The van der Waals surface area contributed by atoms with Gasteiger partial charge in [-0.3, -0.25) is 0 Å². The lowest BCUT2D eigenvalue weighted by Gasteiger charge is -2.25. The first-order valence-corrected chi connectivity index (χ1v) is 11.3. The van der Waals surface area contributed by atoms with Crippen LogP contribution in [0.25, 0.3) is 0 Å². The van der Waals surface area contributed by atoms with Crippen LogP contribution in [0.2, 0.25) is 12.6 Å². The predicted octanol–water partition coefficient (Wildman–Crippen LogP) is 4.34. The van der Waals surface area contributed by atoms with E-state index in [0.29, 0.717) is 0 Å². The third-order valence-electron chi connectivity index (χ3n) is 3.74. The second kappa shape index (κ2) is 15.0. The highest BCUT2D eigenvalue weighted by Gasteiger charge is 2.19. The van der Waals surface area contributed by atoms with Gasteiger partial charge in [0.05, 0.1) is 0 Å². The van der Waals surface area contributed by atoms with Gasteiger partial charge in [-0.2, -0.15) is 0 Å². The quantitative estimate of drug-likeness (QED) is 0.331. The Morgan fingerprint density at radius 2 is 1.29 bits per heavy atom. The molecule has 0 aromatic heterocycles.